The Balaban J connectivity index is 2.15. The number of nitrogens with zero attached hydrogens (tertiary/aromatic N) is 2. The molecule has 1 atom stereocenters. The summed E-state index contributed by atoms with van der Waals surface area (Å²) in [4.78, 5) is 15.9. The highest BCUT2D eigenvalue weighted by molar-refractivity contribution is 7.16. The first kappa shape index (κ1) is 12.3. The molecule has 0 fully saturated rings. The number of thiazole rings is 1. The maximum absolute atomic E-state index is 11.8. The van der Waals surface area contributed by atoms with Crippen LogP contribution in [0.25, 0.3) is 10.2 Å². The largest absolute Gasteiger partial charge is 0.409 e. The average Bonchev–Trinajstić information content (AvgIpc) is 2.84. The molecule has 0 spiro atoms. The Hall–Kier alpha value is -2.15. The molecule has 94 valence electrons. The molecule has 7 heteroatoms. The second-order valence-electron chi connectivity index (χ2n) is 3.77. The van der Waals surface area contributed by atoms with Gasteiger partial charge in [0.1, 0.15) is 0 Å². The third-order valence-corrected chi connectivity index (χ3v) is 3.34. The van der Waals surface area contributed by atoms with Crippen LogP contribution >= 0.6 is 11.3 Å². The predicted molar refractivity (Wildman–Crippen MR) is 70.8 cm³/mol. The minimum Gasteiger partial charge on any atom is -0.409 e. The first-order chi connectivity index (χ1) is 8.61. The van der Waals surface area contributed by atoms with Crippen LogP contribution in [0.3, 0.4) is 0 Å². The van der Waals surface area contributed by atoms with Crippen LogP contribution in [0.15, 0.2) is 28.9 Å². The third-order valence-electron chi connectivity index (χ3n) is 2.55. The van der Waals surface area contributed by atoms with Gasteiger partial charge in [-0.1, -0.05) is 5.16 Å². The molecule has 1 amide bonds. The lowest BCUT2D eigenvalue weighted by Gasteiger charge is -2.10. The molecule has 18 heavy (non-hydrogen) atoms. The molecule has 4 N–H and O–H groups in total. The van der Waals surface area contributed by atoms with Crippen molar-refractivity contribution < 1.29 is 10.0 Å². The van der Waals surface area contributed by atoms with Gasteiger partial charge >= 0.3 is 0 Å². The van der Waals surface area contributed by atoms with E-state index in [1.807, 2.05) is 12.1 Å². The van der Waals surface area contributed by atoms with Crippen LogP contribution in [-0.4, -0.2) is 21.9 Å². The molecule has 0 saturated heterocycles. The Morgan fingerprint density at radius 1 is 1.61 bits per heavy atom. The van der Waals surface area contributed by atoms with Crippen molar-refractivity contribution >= 4 is 39.0 Å². The first-order valence-electron chi connectivity index (χ1n) is 5.23. The molecule has 1 heterocycles. The summed E-state index contributed by atoms with van der Waals surface area (Å²) in [6.45, 7) is 1.57. The standard InChI is InChI=1S/C11H12N4O2S/c1-6(10(12)15-17)11(16)14-7-2-3-8-9(4-7)18-5-13-8/h2-6,17H,1H3,(H2,12,15)(H,14,16). The van der Waals surface area contributed by atoms with Crippen LogP contribution in [-0.2, 0) is 4.79 Å². The molecular formula is C11H12N4O2S. The molecule has 2 rings (SSSR count). The lowest BCUT2D eigenvalue weighted by Crippen LogP contribution is -2.32. The number of rotatable bonds is 3. The van der Waals surface area contributed by atoms with Crippen molar-refractivity contribution in [2.24, 2.45) is 16.8 Å². The SMILES string of the molecule is CC(C(=O)Nc1ccc2ncsc2c1)/C(N)=N/O. The second-order valence-corrected chi connectivity index (χ2v) is 4.66. The molecule has 0 radical (unpaired) electrons. The summed E-state index contributed by atoms with van der Waals surface area (Å²) >= 11 is 1.50. The Bertz CT molecular complexity index is 608. The summed E-state index contributed by atoms with van der Waals surface area (Å²) in [7, 11) is 0. The number of nitrogens with one attached hydrogen (secondary N) is 1. The van der Waals surface area contributed by atoms with E-state index in [9.17, 15) is 4.79 Å². The molecule has 6 nitrogen and oxygen atoms in total. The number of aromatic nitrogens is 1. The van der Waals surface area contributed by atoms with Gasteiger partial charge in [0.05, 0.1) is 21.6 Å². The number of amidine groups is 1. The van der Waals surface area contributed by atoms with Crippen molar-refractivity contribution in [3.8, 4) is 0 Å². The second kappa shape index (κ2) is 5.01. The van der Waals surface area contributed by atoms with Crippen LogP contribution in [0, 0.1) is 5.92 Å². The molecular weight excluding hydrogens is 252 g/mol. The van der Waals surface area contributed by atoms with E-state index in [0.29, 0.717) is 5.69 Å². The molecule has 0 saturated carbocycles. The fourth-order valence-electron chi connectivity index (χ4n) is 1.40. The number of hydrogen-bond acceptors (Lipinski definition) is 5. The van der Waals surface area contributed by atoms with Gasteiger partial charge in [-0.05, 0) is 25.1 Å². The number of hydrogen-bond donors (Lipinski definition) is 3. The zero-order chi connectivity index (χ0) is 13.1. The van der Waals surface area contributed by atoms with E-state index in [2.05, 4.69) is 15.5 Å². The number of amides is 1. The normalized spacial score (nSPS) is 13.5. The summed E-state index contributed by atoms with van der Waals surface area (Å²) < 4.78 is 0.990. The van der Waals surface area contributed by atoms with Gasteiger partial charge in [-0.25, -0.2) is 4.98 Å². The van der Waals surface area contributed by atoms with E-state index in [1.165, 1.54) is 11.3 Å². The zero-order valence-corrected chi connectivity index (χ0v) is 10.4. The van der Waals surface area contributed by atoms with Crippen molar-refractivity contribution in [3.63, 3.8) is 0 Å². The monoisotopic (exact) mass is 264 g/mol. The van der Waals surface area contributed by atoms with Crippen LogP contribution in [0.5, 0.6) is 0 Å². The minimum atomic E-state index is -0.688. The van der Waals surface area contributed by atoms with Gasteiger partial charge in [0.25, 0.3) is 0 Å². The van der Waals surface area contributed by atoms with Gasteiger partial charge in [-0.15, -0.1) is 11.3 Å². The van der Waals surface area contributed by atoms with Crippen molar-refractivity contribution in [3.05, 3.63) is 23.7 Å². The molecule has 1 aromatic heterocycles. The topological polar surface area (TPSA) is 101 Å². The number of oxime groups is 1. The summed E-state index contributed by atoms with van der Waals surface area (Å²) in [6.07, 6.45) is 0. The number of fused-ring (bicyclic) bond motifs is 1. The van der Waals surface area contributed by atoms with Gasteiger partial charge in [-0.2, -0.15) is 0 Å². The number of carbonyl (C=O) groups is 1. The van der Waals surface area contributed by atoms with Gasteiger partial charge in [0, 0.05) is 5.69 Å². The summed E-state index contributed by atoms with van der Waals surface area (Å²) in [6, 6.07) is 5.43. The van der Waals surface area contributed by atoms with E-state index < -0.39 is 5.92 Å². The highest BCUT2D eigenvalue weighted by Gasteiger charge is 2.17. The molecule has 0 aliphatic heterocycles. The molecule has 1 aromatic carbocycles. The summed E-state index contributed by atoms with van der Waals surface area (Å²) in [5, 5.41) is 14.0. The molecule has 2 aromatic rings. The minimum absolute atomic E-state index is 0.119. The number of anilines is 1. The van der Waals surface area contributed by atoms with Crippen LogP contribution < -0.4 is 11.1 Å². The van der Waals surface area contributed by atoms with Crippen LogP contribution in [0.1, 0.15) is 6.92 Å². The molecule has 1 unspecified atom stereocenters. The van der Waals surface area contributed by atoms with Crippen molar-refractivity contribution in [1.82, 2.24) is 4.98 Å². The van der Waals surface area contributed by atoms with E-state index in [-0.39, 0.29) is 11.7 Å². The van der Waals surface area contributed by atoms with Crippen LogP contribution in [0.4, 0.5) is 5.69 Å². The van der Waals surface area contributed by atoms with Crippen molar-refractivity contribution in [1.29, 1.82) is 0 Å². The lowest BCUT2D eigenvalue weighted by atomic mass is 10.1. The fraction of sp³-hybridized carbons (Fsp3) is 0.182. The Kier molecular flexibility index (Phi) is 3.42. The highest BCUT2D eigenvalue weighted by Crippen LogP contribution is 2.22. The number of carbonyl (C=O) groups excluding carboxylic acids is 1. The van der Waals surface area contributed by atoms with Crippen molar-refractivity contribution in [2.75, 3.05) is 5.32 Å². The zero-order valence-electron chi connectivity index (χ0n) is 9.62. The summed E-state index contributed by atoms with van der Waals surface area (Å²) in [5.41, 5.74) is 8.67. The van der Waals surface area contributed by atoms with Crippen molar-refractivity contribution in [2.45, 2.75) is 6.92 Å². The number of nitrogens with two attached hydrogens (primary N) is 1. The van der Waals surface area contributed by atoms with Gasteiger partial charge in [-0.3, -0.25) is 4.79 Å². The van der Waals surface area contributed by atoms with Gasteiger partial charge in [0.15, 0.2) is 5.84 Å². The molecule has 0 bridgehead atoms. The maximum Gasteiger partial charge on any atom is 0.234 e. The maximum atomic E-state index is 11.8. The van der Waals surface area contributed by atoms with E-state index in [4.69, 9.17) is 10.9 Å². The Morgan fingerprint density at radius 2 is 2.39 bits per heavy atom. The molecule has 0 aliphatic rings. The van der Waals surface area contributed by atoms with E-state index in [0.717, 1.165) is 10.2 Å². The van der Waals surface area contributed by atoms with E-state index in [1.54, 1.807) is 18.5 Å². The highest BCUT2D eigenvalue weighted by atomic mass is 32.1. The number of benzene rings is 1. The fourth-order valence-corrected chi connectivity index (χ4v) is 2.12. The quantitative estimate of drug-likeness (QED) is 0.339. The predicted octanol–water partition coefficient (Wildman–Crippen LogP) is 1.62. The molecule has 0 aliphatic carbocycles. The Morgan fingerprint density at radius 3 is 3.11 bits per heavy atom. The van der Waals surface area contributed by atoms with Gasteiger partial charge < -0.3 is 16.3 Å². The lowest BCUT2D eigenvalue weighted by molar-refractivity contribution is -0.117. The van der Waals surface area contributed by atoms with E-state index >= 15 is 0 Å². The average molecular weight is 264 g/mol. The first-order valence-corrected chi connectivity index (χ1v) is 6.11. The summed E-state index contributed by atoms with van der Waals surface area (Å²) in [5.74, 6) is -1.13. The van der Waals surface area contributed by atoms with Crippen LogP contribution in [0.2, 0.25) is 0 Å². The third kappa shape index (κ3) is 2.40. The van der Waals surface area contributed by atoms with Gasteiger partial charge in [0.2, 0.25) is 5.91 Å². The smallest absolute Gasteiger partial charge is 0.234 e. The Labute approximate surface area is 107 Å².